The summed E-state index contributed by atoms with van der Waals surface area (Å²) >= 11 is 8.00. The lowest BCUT2D eigenvalue weighted by molar-refractivity contribution is -0.153. The van der Waals surface area contributed by atoms with Gasteiger partial charge in [0.15, 0.2) is 5.13 Å². The monoisotopic (exact) mass is 357 g/mol. The quantitative estimate of drug-likeness (QED) is 0.874. The summed E-state index contributed by atoms with van der Waals surface area (Å²) in [5.41, 5.74) is -0.604. The molecule has 1 aromatic rings. The maximum atomic E-state index is 11.7. The number of aromatic nitrogens is 1. The number of carboxylic acid groups (broad SMARTS) is 1. The minimum Gasteiger partial charge on any atom is -0.481 e. The Labute approximate surface area is 146 Å². The van der Waals surface area contributed by atoms with Crippen LogP contribution in [0.25, 0.3) is 0 Å². The molecule has 0 radical (unpaired) electrons. The van der Waals surface area contributed by atoms with Gasteiger partial charge in [0.1, 0.15) is 5.15 Å². The van der Waals surface area contributed by atoms with Gasteiger partial charge in [-0.3, -0.25) is 9.69 Å². The van der Waals surface area contributed by atoms with Gasteiger partial charge in [-0.15, -0.1) is 0 Å². The lowest BCUT2D eigenvalue weighted by atomic mass is 9.77. The Hall–Kier alpha value is -0.850. The molecule has 1 atom stereocenters. The lowest BCUT2D eigenvalue weighted by Gasteiger charge is -2.39. The second kappa shape index (κ2) is 6.95. The van der Waals surface area contributed by atoms with Gasteiger partial charge in [-0.25, -0.2) is 4.98 Å². The highest BCUT2D eigenvalue weighted by molar-refractivity contribution is 7.16. The summed E-state index contributed by atoms with van der Waals surface area (Å²) in [7, 11) is 0. The first-order valence-electron chi connectivity index (χ1n) is 8.40. The Morgan fingerprint density at radius 1 is 1.35 bits per heavy atom. The molecule has 128 valence electrons. The van der Waals surface area contributed by atoms with Crippen molar-refractivity contribution in [3.05, 3.63) is 10.0 Å². The fraction of sp³-hybridized carbons (Fsp3) is 0.750. The van der Waals surface area contributed by atoms with Crippen LogP contribution in [0, 0.1) is 5.41 Å². The molecule has 0 aromatic carbocycles. The van der Waals surface area contributed by atoms with E-state index >= 15 is 0 Å². The fourth-order valence-corrected chi connectivity index (χ4v) is 4.99. The van der Waals surface area contributed by atoms with Crippen molar-refractivity contribution in [2.24, 2.45) is 5.41 Å². The number of piperidine rings is 1. The summed E-state index contributed by atoms with van der Waals surface area (Å²) in [6.07, 6.45) is 4.81. The molecule has 0 aliphatic carbocycles. The third-order valence-corrected chi connectivity index (χ3v) is 6.69. The van der Waals surface area contributed by atoms with E-state index in [0.29, 0.717) is 24.7 Å². The fourth-order valence-electron chi connectivity index (χ4n) is 3.64. The lowest BCUT2D eigenvalue weighted by Crippen LogP contribution is -2.47. The first-order valence-corrected chi connectivity index (χ1v) is 9.59. The molecule has 5 nitrogen and oxygen atoms in total. The molecule has 0 spiro atoms. The van der Waals surface area contributed by atoms with E-state index in [-0.39, 0.29) is 0 Å². The Morgan fingerprint density at radius 3 is 2.74 bits per heavy atom. The SMILES string of the molecule is CC[C@@]1(C(=O)O)CCCN(Cc2sc(N3CCCC3)nc2Cl)C1. The van der Waals surface area contributed by atoms with Crippen molar-refractivity contribution in [2.75, 3.05) is 31.1 Å². The second-order valence-electron chi connectivity index (χ2n) is 6.66. The van der Waals surface area contributed by atoms with Crippen molar-refractivity contribution in [3.63, 3.8) is 0 Å². The summed E-state index contributed by atoms with van der Waals surface area (Å²) in [4.78, 5) is 21.8. The summed E-state index contributed by atoms with van der Waals surface area (Å²) < 4.78 is 0. The molecule has 0 saturated carbocycles. The topological polar surface area (TPSA) is 56.7 Å². The third kappa shape index (κ3) is 3.49. The number of hydrogen-bond donors (Lipinski definition) is 1. The molecule has 2 fully saturated rings. The number of hydrogen-bond acceptors (Lipinski definition) is 5. The van der Waals surface area contributed by atoms with Gasteiger partial charge in [-0.05, 0) is 38.6 Å². The van der Waals surface area contributed by atoms with Crippen LogP contribution in [0.1, 0.15) is 43.9 Å². The number of carbonyl (C=O) groups is 1. The molecular formula is C16H24ClN3O2S. The van der Waals surface area contributed by atoms with E-state index in [1.807, 2.05) is 6.92 Å². The Kier molecular flexibility index (Phi) is 5.13. The molecule has 3 rings (SSSR count). The van der Waals surface area contributed by atoms with E-state index in [9.17, 15) is 9.90 Å². The van der Waals surface area contributed by atoms with Gasteiger partial charge in [0, 0.05) is 26.2 Å². The highest BCUT2D eigenvalue weighted by Crippen LogP contribution is 2.37. The molecule has 2 aliphatic rings. The van der Waals surface area contributed by atoms with Crippen molar-refractivity contribution in [3.8, 4) is 0 Å². The van der Waals surface area contributed by atoms with Gasteiger partial charge in [-0.1, -0.05) is 29.9 Å². The van der Waals surface area contributed by atoms with Crippen LogP contribution in [-0.4, -0.2) is 47.1 Å². The van der Waals surface area contributed by atoms with Crippen molar-refractivity contribution in [2.45, 2.75) is 45.6 Å². The number of carboxylic acids is 1. The van der Waals surface area contributed by atoms with Crippen molar-refractivity contribution >= 4 is 34.0 Å². The zero-order valence-electron chi connectivity index (χ0n) is 13.6. The zero-order chi connectivity index (χ0) is 16.4. The highest BCUT2D eigenvalue weighted by Gasteiger charge is 2.40. The molecule has 1 N–H and O–H groups in total. The molecule has 0 amide bonds. The van der Waals surface area contributed by atoms with E-state index in [4.69, 9.17) is 11.6 Å². The van der Waals surface area contributed by atoms with Gasteiger partial charge in [0.2, 0.25) is 0 Å². The number of halogens is 1. The highest BCUT2D eigenvalue weighted by atomic mass is 35.5. The summed E-state index contributed by atoms with van der Waals surface area (Å²) in [6.45, 7) is 6.34. The molecule has 0 unspecified atom stereocenters. The van der Waals surface area contributed by atoms with E-state index < -0.39 is 11.4 Å². The number of nitrogens with zero attached hydrogens (tertiary/aromatic N) is 3. The van der Waals surface area contributed by atoms with Crippen molar-refractivity contribution in [1.29, 1.82) is 0 Å². The molecule has 2 aliphatic heterocycles. The average molecular weight is 358 g/mol. The van der Waals surface area contributed by atoms with Crippen LogP contribution in [0.2, 0.25) is 5.15 Å². The first kappa shape index (κ1) is 17.0. The molecule has 3 heterocycles. The zero-order valence-corrected chi connectivity index (χ0v) is 15.1. The Bertz CT molecular complexity index is 574. The maximum absolute atomic E-state index is 11.7. The van der Waals surface area contributed by atoms with E-state index in [1.165, 1.54) is 12.8 Å². The number of rotatable bonds is 5. The van der Waals surface area contributed by atoms with Crippen LogP contribution in [-0.2, 0) is 11.3 Å². The Balaban J connectivity index is 1.70. The molecule has 2 saturated heterocycles. The molecular weight excluding hydrogens is 334 g/mol. The van der Waals surface area contributed by atoms with Crippen molar-refractivity contribution < 1.29 is 9.90 Å². The summed E-state index contributed by atoms with van der Waals surface area (Å²) in [6, 6.07) is 0. The molecule has 1 aromatic heterocycles. The maximum Gasteiger partial charge on any atom is 0.310 e. The molecule has 7 heteroatoms. The molecule has 0 bridgehead atoms. The van der Waals surface area contributed by atoms with Gasteiger partial charge >= 0.3 is 5.97 Å². The van der Waals surface area contributed by atoms with Crippen LogP contribution in [0.5, 0.6) is 0 Å². The van der Waals surface area contributed by atoms with Gasteiger partial charge in [0.05, 0.1) is 10.3 Å². The smallest absolute Gasteiger partial charge is 0.310 e. The van der Waals surface area contributed by atoms with Gasteiger partial charge in [0.25, 0.3) is 0 Å². The van der Waals surface area contributed by atoms with Crippen LogP contribution in [0.15, 0.2) is 0 Å². The average Bonchev–Trinajstić information content (AvgIpc) is 3.18. The predicted molar refractivity (Wildman–Crippen MR) is 93.4 cm³/mol. The van der Waals surface area contributed by atoms with Gasteiger partial charge in [-0.2, -0.15) is 0 Å². The number of anilines is 1. The van der Waals surface area contributed by atoms with Crippen LogP contribution in [0.3, 0.4) is 0 Å². The number of aliphatic carboxylic acids is 1. The van der Waals surface area contributed by atoms with E-state index in [0.717, 1.165) is 42.5 Å². The summed E-state index contributed by atoms with van der Waals surface area (Å²) in [5.74, 6) is -0.669. The van der Waals surface area contributed by atoms with Crippen LogP contribution in [0.4, 0.5) is 5.13 Å². The Morgan fingerprint density at radius 2 is 2.09 bits per heavy atom. The minimum absolute atomic E-state index is 0.583. The van der Waals surface area contributed by atoms with Crippen molar-refractivity contribution in [1.82, 2.24) is 9.88 Å². The molecule has 23 heavy (non-hydrogen) atoms. The van der Waals surface area contributed by atoms with Gasteiger partial charge < -0.3 is 10.0 Å². The predicted octanol–water partition coefficient (Wildman–Crippen LogP) is 3.47. The van der Waals surface area contributed by atoms with Crippen LogP contribution >= 0.6 is 22.9 Å². The normalized spacial score (nSPS) is 25.9. The summed E-state index contributed by atoms with van der Waals surface area (Å²) in [5, 5.41) is 11.2. The second-order valence-corrected chi connectivity index (χ2v) is 8.08. The van der Waals surface area contributed by atoms with E-state index in [2.05, 4.69) is 14.8 Å². The largest absolute Gasteiger partial charge is 0.481 e. The van der Waals surface area contributed by atoms with Crippen LogP contribution < -0.4 is 4.90 Å². The first-order chi connectivity index (χ1) is 11.0. The third-order valence-electron chi connectivity index (χ3n) is 5.17. The minimum atomic E-state index is -0.669. The number of likely N-dealkylation sites (tertiary alicyclic amines) is 1. The van der Waals surface area contributed by atoms with E-state index in [1.54, 1.807) is 11.3 Å². The number of thiazole rings is 1. The standard InChI is InChI=1S/C16H24ClN3O2S/c1-2-16(14(21)22)6-5-7-19(11-16)10-12-13(17)18-15(23-12)20-8-3-4-9-20/h2-11H2,1H3,(H,21,22)/t16-/m1/s1.